The number of aryl methyl sites for hydroxylation is 2. The number of amides is 3. The third-order valence-electron chi connectivity index (χ3n) is 6.88. The van der Waals surface area contributed by atoms with Crippen molar-refractivity contribution in [3.05, 3.63) is 77.4 Å². The van der Waals surface area contributed by atoms with Crippen LogP contribution in [0.2, 0.25) is 0 Å². The van der Waals surface area contributed by atoms with E-state index in [1.165, 1.54) is 4.90 Å². The standard InChI is InChI=1S/C32H41N3O4/c1-9-21(3)27(34-31(38)39-32(5,6)7)30(37)35(8)28(26-18-20(2)14-15-22(26)4)29(36)33-25-17-16-23-12-10-11-13-24(23)19-25/h10-19,21,27-28H,9H2,1-8H3,(H,33,36)(H,34,38). The number of carbonyl (C=O) groups excluding carboxylic acids is 3. The van der Waals surface area contributed by atoms with Crippen molar-refractivity contribution in [2.24, 2.45) is 5.92 Å². The number of hydrogen-bond donors (Lipinski definition) is 2. The molecule has 208 valence electrons. The molecule has 0 aromatic heterocycles. The summed E-state index contributed by atoms with van der Waals surface area (Å²) in [5.74, 6) is -0.889. The van der Waals surface area contributed by atoms with Crippen LogP contribution in [0, 0.1) is 19.8 Å². The molecule has 7 heteroatoms. The van der Waals surface area contributed by atoms with Gasteiger partial charge in [-0.05, 0) is 74.6 Å². The molecule has 3 atom stereocenters. The number of hydrogen-bond acceptors (Lipinski definition) is 4. The molecular weight excluding hydrogens is 490 g/mol. The predicted octanol–water partition coefficient (Wildman–Crippen LogP) is 6.53. The van der Waals surface area contributed by atoms with Crippen molar-refractivity contribution in [1.82, 2.24) is 10.2 Å². The molecule has 0 fully saturated rings. The number of anilines is 1. The van der Waals surface area contributed by atoms with Crippen LogP contribution >= 0.6 is 0 Å². The number of nitrogens with one attached hydrogen (secondary N) is 2. The lowest BCUT2D eigenvalue weighted by atomic mass is 9.94. The van der Waals surface area contributed by atoms with E-state index in [1.807, 2.05) is 88.4 Å². The SMILES string of the molecule is CCC(C)C(NC(=O)OC(C)(C)C)C(=O)N(C)C(C(=O)Nc1ccc2ccccc2c1)c1cc(C)ccc1C. The summed E-state index contributed by atoms with van der Waals surface area (Å²) in [6.07, 6.45) is -0.0178. The second-order valence-corrected chi connectivity index (χ2v) is 11.3. The highest BCUT2D eigenvalue weighted by Crippen LogP contribution is 2.28. The number of fused-ring (bicyclic) bond motifs is 1. The lowest BCUT2D eigenvalue weighted by Gasteiger charge is -2.34. The van der Waals surface area contributed by atoms with Crippen LogP contribution in [0.5, 0.6) is 0 Å². The molecule has 3 aromatic rings. The number of carbonyl (C=O) groups is 3. The molecule has 3 rings (SSSR count). The fraction of sp³-hybridized carbons (Fsp3) is 0.406. The zero-order valence-electron chi connectivity index (χ0n) is 24.3. The van der Waals surface area contributed by atoms with Gasteiger partial charge in [-0.3, -0.25) is 9.59 Å². The number of nitrogens with zero attached hydrogens (tertiary/aromatic N) is 1. The van der Waals surface area contributed by atoms with Gasteiger partial charge in [0.05, 0.1) is 0 Å². The van der Waals surface area contributed by atoms with Gasteiger partial charge in [-0.25, -0.2) is 4.79 Å². The highest BCUT2D eigenvalue weighted by atomic mass is 16.6. The maximum Gasteiger partial charge on any atom is 0.408 e. The molecule has 0 bridgehead atoms. The molecular formula is C32H41N3O4. The third-order valence-corrected chi connectivity index (χ3v) is 6.88. The fourth-order valence-electron chi connectivity index (χ4n) is 4.52. The van der Waals surface area contributed by atoms with Crippen LogP contribution in [0.25, 0.3) is 10.8 Å². The van der Waals surface area contributed by atoms with Crippen molar-refractivity contribution in [3.8, 4) is 0 Å². The minimum atomic E-state index is -0.920. The van der Waals surface area contributed by atoms with Gasteiger partial charge >= 0.3 is 6.09 Å². The first-order valence-corrected chi connectivity index (χ1v) is 13.4. The first-order valence-electron chi connectivity index (χ1n) is 13.4. The maximum absolute atomic E-state index is 14.0. The Morgan fingerprint density at radius 3 is 2.26 bits per heavy atom. The van der Waals surface area contributed by atoms with Crippen molar-refractivity contribution < 1.29 is 19.1 Å². The van der Waals surface area contributed by atoms with Crippen LogP contribution < -0.4 is 10.6 Å². The van der Waals surface area contributed by atoms with E-state index in [-0.39, 0.29) is 17.7 Å². The van der Waals surface area contributed by atoms with E-state index < -0.39 is 23.8 Å². The molecule has 0 saturated carbocycles. The van der Waals surface area contributed by atoms with Crippen LogP contribution in [0.4, 0.5) is 10.5 Å². The van der Waals surface area contributed by atoms with E-state index in [0.717, 1.165) is 27.5 Å². The van der Waals surface area contributed by atoms with Gasteiger partial charge in [0.1, 0.15) is 17.7 Å². The van der Waals surface area contributed by atoms with Crippen LogP contribution in [-0.2, 0) is 14.3 Å². The highest BCUT2D eigenvalue weighted by Gasteiger charge is 2.36. The molecule has 0 saturated heterocycles. The smallest absolute Gasteiger partial charge is 0.408 e. The normalized spacial score (nSPS) is 13.7. The van der Waals surface area contributed by atoms with Gasteiger partial charge in [-0.2, -0.15) is 0 Å². The summed E-state index contributed by atoms with van der Waals surface area (Å²) in [6, 6.07) is 17.7. The topological polar surface area (TPSA) is 87.7 Å². The molecule has 0 aliphatic rings. The predicted molar refractivity (Wildman–Crippen MR) is 157 cm³/mol. The molecule has 39 heavy (non-hydrogen) atoms. The Hall–Kier alpha value is -3.87. The number of ether oxygens (including phenoxy) is 1. The Balaban J connectivity index is 1.98. The largest absolute Gasteiger partial charge is 0.444 e. The Kier molecular flexibility index (Phi) is 9.38. The van der Waals surface area contributed by atoms with Crippen LogP contribution in [-0.4, -0.2) is 41.5 Å². The lowest BCUT2D eigenvalue weighted by molar-refractivity contribution is -0.140. The van der Waals surface area contributed by atoms with Crippen molar-refractivity contribution in [2.45, 2.75) is 72.6 Å². The van der Waals surface area contributed by atoms with E-state index >= 15 is 0 Å². The van der Waals surface area contributed by atoms with E-state index in [2.05, 4.69) is 10.6 Å². The lowest BCUT2D eigenvalue weighted by Crippen LogP contribution is -2.53. The molecule has 3 amide bonds. The second-order valence-electron chi connectivity index (χ2n) is 11.3. The van der Waals surface area contributed by atoms with E-state index in [1.54, 1.807) is 27.8 Å². The number of likely N-dealkylation sites (N-methyl/N-ethyl adjacent to an activating group) is 1. The van der Waals surface area contributed by atoms with Gasteiger partial charge in [0.15, 0.2) is 0 Å². The highest BCUT2D eigenvalue weighted by molar-refractivity contribution is 6.00. The summed E-state index contributed by atoms with van der Waals surface area (Å²) in [6.45, 7) is 13.0. The summed E-state index contributed by atoms with van der Waals surface area (Å²) in [5.41, 5.74) is 2.52. The number of alkyl carbamates (subject to hydrolysis) is 1. The van der Waals surface area contributed by atoms with E-state index in [4.69, 9.17) is 4.74 Å². The Bertz CT molecular complexity index is 1340. The monoisotopic (exact) mass is 531 g/mol. The summed E-state index contributed by atoms with van der Waals surface area (Å²) in [5, 5.41) is 7.86. The zero-order chi connectivity index (χ0) is 28.9. The zero-order valence-corrected chi connectivity index (χ0v) is 24.3. The molecule has 3 unspecified atom stereocenters. The summed E-state index contributed by atoms with van der Waals surface area (Å²) in [7, 11) is 1.61. The average molecular weight is 532 g/mol. The van der Waals surface area contributed by atoms with Crippen molar-refractivity contribution >= 4 is 34.4 Å². The summed E-state index contributed by atoms with van der Waals surface area (Å²) in [4.78, 5) is 42.0. The molecule has 0 spiro atoms. The van der Waals surface area contributed by atoms with Gasteiger partial charge in [0, 0.05) is 12.7 Å². The molecule has 2 N–H and O–H groups in total. The summed E-state index contributed by atoms with van der Waals surface area (Å²) < 4.78 is 5.43. The van der Waals surface area contributed by atoms with E-state index in [9.17, 15) is 14.4 Å². The first-order chi connectivity index (χ1) is 18.3. The minimum absolute atomic E-state index is 0.185. The van der Waals surface area contributed by atoms with Gasteiger partial charge in [0.25, 0.3) is 5.91 Å². The Labute approximate surface area is 231 Å². The van der Waals surface area contributed by atoms with Crippen molar-refractivity contribution in [2.75, 3.05) is 12.4 Å². The molecule has 7 nitrogen and oxygen atoms in total. The molecule has 0 aliphatic heterocycles. The summed E-state index contributed by atoms with van der Waals surface area (Å²) >= 11 is 0. The Morgan fingerprint density at radius 2 is 1.62 bits per heavy atom. The van der Waals surface area contributed by atoms with Crippen LogP contribution in [0.3, 0.4) is 0 Å². The third kappa shape index (κ3) is 7.59. The molecule has 0 heterocycles. The van der Waals surface area contributed by atoms with Crippen LogP contribution in [0.15, 0.2) is 60.7 Å². The van der Waals surface area contributed by atoms with Gasteiger partial charge in [-0.1, -0.05) is 74.4 Å². The number of rotatable bonds is 8. The molecule has 3 aromatic carbocycles. The Morgan fingerprint density at radius 1 is 0.949 bits per heavy atom. The fourth-order valence-corrected chi connectivity index (χ4v) is 4.52. The van der Waals surface area contributed by atoms with Crippen molar-refractivity contribution in [1.29, 1.82) is 0 Å². The minimum Gasteiger partial charge on any atom is -0.444 e. The van der Waals surface area contributed by atoms with Gasteiger partial charge < -0.3 is 20.3 Å². The average Bonchev–Trinajstić information content (AvgIpc) is 2.87. The quantitative estimate of drug-likeness (QED) is 0.346. The maximum atomic E-state index is 14.0. The van der Waals surface area contributed by atoms with Crippen molar-refractivity contribution in [3.63, 3.8) is 0 Å². The van der Waals surface area contributed by atoms with Crippen LogP contribution in [0.1, 0.15) is 63.8 Å². The number of benzene rings is 3. The van der Waals surface area contributed by atoms with E-state index in [0.29, 0.717) is 12.1 Å². The molecule has 0 aliphatic carbocycles. The second kappa shape index (κ2) is 12.3. The van der Waals surface area contributed by atoms with Gasteiger partial charge in [-0.15, -0.1) is 0 Å². The van der Waals surface area contributed by atoms with Gasteiger partial charge in [0.2, 0.25) is 5.91 Å². The first kappa shape index (κ1) is 29.7. The molecule has 0 radical (unpaired) electrons.